The molecule has 5 nitrogen and oxygen atoms in total. The fraction of sp³-hybridized carbons (Fsp3) is 0.714. The van der Waals surface area contributed by atoms with E-state index in [0.717, 1.165) is 0 Å². The van der Waals surface area contributed by atoms with Crippen LogP contribution in [0.25, 0.3) is 0 Å². The van der Waals surface area contributed by atoms with Crippen molar-refractivity contribution in [3.8, 4) is 0 Å². The topological polar surface area (TPSA) is 63.6 Å². The number of hydrogen-bond acceptors (Lipinski definition) is 3. The van der Waals surface area contributed by atoms with Gasteiger partial charge in [-0.05, 0) is 0 Å². The minimum absolute atomic E-state index is 0.174. The molecule has 0 fully saturated rings. The first-order chi connectivity index (χ1) is 5.31. The third-order valence-electron chi connectivity index (χ3n) is 0.960. The average Bonchev–Trinajstić information content (AvgIpc) is 1.79. The van der Waals surface area contributed by atoms with Crippen molar-refractivity contribution >= 4 is 11.9 Å². The summed E-state index contributed by atoms with van der Waals surface area (Å²) in [5.74, 6) is -1.63. The number of nitrogens with zero attached hydrogens (tertiary/aromatic N) is 1. The third kappa shape index (κ3) is 7.01. The summed E-state index contributed by atoms with van der Waals surface area (Å²) in [7, 11) is 5.46. The van der Waals surface area contributed by atoms with Gasteiger partial charge in [-0.2, -0.15) is 0 Å². The Morgan fingerprint density at radius 1 is 1.33 bits per heavy atom. The second-order valence-electron chi connectivity index (χ2n) is 3.50. The van der Waals surface area contributed by atoms with Gasteiger partial charge in [0.1, 0.15) is 0 Å². The van der Waals surface area contributed by atoms with Crippen molar-refractivity contribution in [1.82, 2.24) is 0 Å². The van der Waals surface area contributed by atoms with Crippen molar-refractivity contribution in [2.75, 3.05) is 34.3 Å². The Balaban J connectivity index is 3.68. The fourth-order valence-electron chi connectivity index (χ4n) is 0.575. The van der Waals surface area contributed by atoms with Crippen LogP contribution in [0.2, 0.25) is 0 Å². The summed E-state index contributed by atoms with van der Waals surface area (Å²) < 4.78 is 4.85. The van der Waals surface area contributed by atoms with Crippen LogP contribution >= 0.6 is 0 Å². The number of ether oxygens (including phenoxy) is 1. The smallest absolute Gasteiger partial charge is 0.362 e. The molecule has 0 amide bonds. The first kappa shape index (κ1) is 10.9. The van der Waals surface area contributed by atoms with Gasteiger partial charge in [0.25, 0.3) is 0 Å². The highest BCUT2D eigenvalue weighted by molar-refractivity contribution is 5.75. The quantitative estimate of drug-likeness (QED) is 0.455. The molecular formula is C7H14NO4+. The number of esters is 1. The van der Waals surface area contributed by atoms with Crippen molar-refractivity contribution < 1.29 is 23.9 Å². The highest BCUT2D eigenvalue weighted by atomic mass is 16.5. The van der Waals surface area contributed by atoms with Gasteiger partial charge in [-0.3, -0.25) is 0 Å². The number of quaternary nitrogens is 1. The number of carbonyl (C=O) groups is 2. The van der Waals surface area contributed by atoms with Gasteiger partial charge in [0.05, 0.1) is 21.1 Å². The van der Waals surface area contributed by atoms with E-state index in [1.54, 1.807) is 0 Å². The molecule has 0 aromatic heterocycles. The van der Waals surface area contributed by atoms with E-state index in [4.69, 9.17) is 5.11 Å². The number of carboxylic acid groups (broad SMARTS) is 1. The molecule has 0 unspecified atom stereocenters. The Kier molecular flexibility index (Phi) is 3.69. The SMILES string of the molecule is C[N+](C)(C)CC(=O)OCC(=O)O. The minimum Gasteiger partial charge on any atom is -0.479 e. The molecule has 5 heteroatoms. The lowest BCUT2D eigenvalue weighted by Gasteiger charge is -2.21. The van der Waals surface area contributed by atoms with Crippen molar-refractivity contribution in [2.24, 2.45) is 0 Å². The molecule has 0 heterocycles. The van der Waals surface area contributed by atoms with E-state index in [2.05, 4.69) is 4.74 Å². The average molecular weight is 176 g/mol. The molecule has 0 aliphatic carbocycles. The number of aliphatic carboxylic acids is 1. The van der Waals surface area contributed by atoms with Crippen LogP contribution in [0.5, 0.6) is 0 Å². The maximum atomic E-state index is 10.9. The molecule has 0 rings (SSSR count). The second kappa shape index (κ2) is 4.06. The van der Waals surface area contributed by atoms with Crippen LogP contribution in [-0.2, 0) is 14.3 Å². The maximum Gasteiger partial charge on any atom is 0.362 e. The number of rotatable bonds is 4. The fourth-order valence-corrected chi connectivity index (χ4v) is 0.575. The van der Waals surface area contributed by atoms with Gasteiger partial charge < -0.3 is 14.3 Å². The van der Waals surface area contributed by atoms with Gasteiger partial charge in [-0.15, -0.1) is 0 Å². The molecule has 0 aromatic rings. The lowest BCUT2D eigenvalue weighted by Crippen LogP contribution is -2.40. The van der Waals surface area contributed by atoms with E-state index in [1.807, 2.05) is 21.1 Å². The summed E-state index contributed by atoms with van der Waals surface area (Å²) in [5, 5.41) is 8.18. The maximum absolute atomic E-state index is 10.9. The van der Waals surface area contributed by atoms with Gasteiger partial charge in [-0.1, -0.05) is 0 Å². The molecule has 0 radical (unpaired) electrons. The lowest BCUT2D eigenvalue weighted by atomic mass is 10.5. The molecular weight excluding hydrogens is 162 g/mol. The number of hydrogen-bond donors (Lipinski definition) is 1. The summed E-state index contributed by atoms with van der Waals surface area (Å²) in [6, 6.07) is 0. The van der Waals surface area contributed by atoms with E-state index in [1.165, 1.54) is 0 Å². The van der Waals surface area contributed by atoms with Crippen LogP contribution in [0.1, 0.15) is 0 Å². The predicted molar refractivity (Wildman–Crippen MR) is 41.5 cm³/mol. The van der Waals surface area contributed by atoms with Crippen LogP contribution in [0, 0.1) is 0 Å². The second-order valence-corrected chi connectivity index (χ2v) is 3.50. The summed E-state index contributed by atoms with van der Waals surface area (Å²) in [5.41, 5.74) is 0. The van der Waals surface area contributed by atoms with Crippen molar-refractivity contribution in [3.63, 3.8) is 0 Å². The zero-order valence-corrected chi connectivity index (χ0v) is 7.53. The molecule has 0 aliphatic rings. The van der Waals surface area contributed by atoms with Crippen molar-refractivity contribution in [3.05, 3.63) is 0 Å². The van der Waals surface area contributed by atoms with Crippen LogP contribution in [0.3, 0.4) is 0 Å². The summed E-state index contributed by atoms with van der Waals surface area (Å²) >= 11 is 0. The van der Waals surface area contributed by atoms with Gasteiger partial charge in [0, 0.05) is 0 Å². The summed E-state index contributed by atoms with van der Waals surface area (Å²) in [4.78, 5) is 20.8. The molecule has 0 aromatic carbocycles. The molecule has 70 valence electrons. The van der Waals surface area contributed by atoms with Crippen molar-refractivity contribution in [1.29, 1.82) is 0 Å². The highest BCUT2D eigenvalue weighted by Crippen LogP contribution is 1.91. The van der Waals surface area contributed by atoms with E-state index in [9.17, 15) is 9.59 Å². The van der Waals surface area contributed by atoms with E-state index in [0.29, 0.717) is 4.48 Å². The first-order valence-electron chi connectivity index (χ1n) is 3.49. The Bertz CT molecular complexity index is 182. The Hall–Kier alpha value is -1.10. The molecule has 0 bridgehead atoms. The zero-order chi connectivity index (χ0) is 9.78. The zero-order valence-electron chi connectivity index (χ0n) is 7.53. The summed E-state index contributed by atoms with van der Waals surface area (Å²) in [6.45, 7) is -0.383. The highest BCUT2D eigenvalue weighted by Gasteiger charge is 2.16. The third-order valence-corrected chi connectivity index (χ3v) is 0.960. The van der Waals surface area contributed by atoms with Crippen LogP contribution in [0.15, 0.2) is 0 Å². The monoisotopic (exact) mass is 176 g/mol. The van der Waals surface area contributed by atoms with Crippen LogP contribution in [0.4, 0.5) is 0 Å². The molecule has 0 spiro atoms. The van der Waals surface area contributed by atoms with Gasteiger partial charge in [-0.25, -0.2) is 9.59 Å². The Labute approximate surface area is 71.1 Å². The lowest BCUT2D eigenvalue weighted by molar-refractivity contribution is -0.862. The molecule has 12 heavy (non-hydrogen) atoms. The minimum atomic E-state index is -1.13. The molecule has 0 saturated carbocycles. The molecule has 0 aliphatic heterocycles. The summed E-state index contributed by atoms with van der Waals surface area (Å²) in [6.07, 6.45) is 0. The number of carbonyl (C=O) groups excluding carboxylic acids is 1. The van der Waals surface area contributed by atoms with E-state index < -0.39 is 18.5 Å². The largest absolute Gasteiger partial charge is 0.479 e. The number of carboxylic acids is 1. The van der Waals surface area contributed by atoms with E-state index >= 15 is 0 Å². The van der Waals surface area contributed by atoms with Gasteiger partial charge in [0.2, 0.25) is 0 Å². The molecule has 1 N–H and O–H groups in total. The molecule has 0 atom stereocenters. The number of likely N-dealkylation sites (N-methyl/N-ethyl adjacent to an activating group) is 1. The van der Waals surface area contributed by atoms with Gasteiger partial charge in [0.15, 0.2) is 13.2 Å². The standard InChI is InChI=1S/C7H13NO4/c1-8(2,3)4-7(11)12-5-6(9)10/h4-5H2,1-3H3/p+1. The Morgan fingerprint density at radius 3 is 2.17 bits per heavy atom. The normalized spacial score (nSPS) is 10.9. The van der Waals surface area contributed by atoms with Crippen LogP contribution in [-0.4, -0.2) is 55.8 Å². The van der Waals surface area contributed by atoms with E-state index in [-0.39, 0.29) is 6.54 Å². The molecule has 0 saturated heterocycles. The van der Waals surface area contributed by atoms with Crippen molar-refractivity contribution in [2.45, 2.75) is 0 Å². The Morgan fingerprint density at radius 2 is 1.83 bits per heavy atom. The predicted octanol–water partition coefficient (Wildman–Crippen LogP) is -0.680. The van der Waals surface area contributed by atoms with Crippen LogP contribution < -0.4 is 0 Å². The first-order valence-corrected chi connectivity index (χ1v) is 3.49. The van der Waals surface area contributed by atoms with Gasteiger partial charge >= 0.3 is 11.9 Å².